The maximum atomic E-state index is 14.0. The Balaban J connectivity index is 1.53. The maximum Gasteiger partial charge on any atom is 0.231 e. The molecule has 0 bridgehead atoms. The number of carbonyl (C=O) groups is 2. The van der Waals surface area contributed by atoms with Crippen molar-refractivity contribution in [3.05, 3.63) is 100 Å². The highest BCUT2D eigenvalue weighted by Gasteiger charge is 2.41. The van der Waals surface area contributed by atoms with Crippen LogP contribution >= 0.6 is 0 Å². The number of carbonyl (C=O) groups excluding carboxylic acids is 2. The Bertz CT molecular complexity index is 1770. The van der Waals surface area contributed by atoms with Crippen molar-refractivity contribution in [1.82, 2.24) is 0 Å². The fourth-order valence-corrected chi connectivity index (χ4v) is 4.92. The van der Waals surface area contributed by atoms with Gasteiger partial charge >= 0.3 is 0 Å². The first-order valence-electron chi connectivity index (χ1n) is 12.0. The molecule has 4 aromatic carbocycles. The Morgan fingerprint density at radius 2 is 1.30 bits per heavy atom. The SMILES string of the molecule is O=C1C(=Cc2cc(O)c(O)cc2C2C(=O)c3ccc(O)cc3OC2c2ccc(O)c(O)c2)Oc2cc(O)ccc21. The molecule has 0 aliphatic carbocycles. The lowest BCUT2D eigenvalue weighted by molar-refractivity contribution is 0.0780. The Morgan fingerprint density at radius 3 is 2.02 bits per heavy atom. The van der Waals surface area contributed by atoms with E-state index < -0.39 is 46.6 Å². The van der Waals surface area contributed by atoms with Gasteiger partial charge in [-0.05, 0) is 71.3 Å². The van der Waals surface area contributed by atoms with Crippen molar-refractivity contribution >= 4 is 17.6 Å². The molecule has 200 valence electrons. The lowest BCUT2D eigenvalue weighted by Gasteiger charge is -2.34. The van der Waals surface area contributed by atoms with Crippen LogP contribution in [0.4, 0.5) is 0 Å². The van der Waals surface area contributed by atoms with Crippen molar-refractivity contribution < 1.29 is 49.7 Å². The lowest BCUT2D eigenvalue weighted by atomic mass is 9.79. The number of hydrogen-bond donors (Lipinski definition) is 6. The summed E-state index contributed by atoms with van der Waals surface area (Å²) in [6, 6.07) is 14.2. The van der Waals surface area contributed by atoms with E-state index in [1.54, 1.807) is 0 Å². The zero-order valence-corrected chi connectivity index (χ0v) is 20.4. The molecule has 2 atom stereocenters. The Labute approximate surface area is 225 Å². The Kier molecular flexibility index (Phi) is 5.54. The van der Waals surface area contributed by atoms with E-state index in [4.69, 9.17) is 9.47 Å². The minimum atomic E-state index is -1.19. The molecule has 0 spiro atoms. The van der Waals surface area contributed by atoms with Crippen molar-refractivity contribution in [3.63, 3.8) is 0 Å². The monoisotopic (exact) mass is 540 g/mol. The third-order valence-corrected chi connectivity index (χ3v) is 6.85. The number of phenols is 6. The van der Waals surface area contributed by atoms with Crippen molar-refractivity contribution in [2.75, 3.05) is 0 Å². The second-order valence-electron chi connectivity index (χ2n) is 9.40. The van der Waals surface area contributed by atoms with E-state index in [1.807, 2.05) is 0 Å². The molecular formula is C30H20O10. The van der Waals surface area contributed by atoms with Gasteiger partial charge in [-0.15, -0.1) is 0 Å². The second kappa shape index (κ2) is 8.98. The van der Waals surface area contributed by atoms with Gasteiger partial charge in [0.15, 0.2) is 34.5 Å². The van der Waals surface area contributed by atoms with Crippen LogP contribution < -0.4 is 9.47 Å². The predicted octanol–water partition coefficient (Wildman–Crippen LogP) is 4.64. The molecule has 2 aliphatic heterocycles. The van der Waals surface area contributed by atoms with Crippen LogP contribution in [0.5, 0.6) is 46.0 Å². The summed E-state index contributed by atoms with van der Waals surface area (Å²) in [4.78, 5) is 27.0. The fourth-order valence-electron chi connectivity index (χ4n) is 4.92. The standard InChI is InChI=1S/C30H20O10/c31-15-2-4-17-24(10-15)39-26(28(17)37)9-14-8-22(35)23(36)12-19(14)27-29(38)18-5-3-16(32)11-25(18)40-30(27)13-1-6-20(33)21(34)7-13/h1-12,27,30-36H. The molecule has 2 aliphatic rings. The van der Waals surface area contributed by atoms with Gasteiger partial charge in [-0.2, -0.15) is 0 Å². The van der Waals surface area contributed by atoms with Crippen LogP contribution in [0.3, 0.4) is 0 Å². The van der Waals surface area contributed by atoms with Crippen molar-refractivity contribution in [1.29, 1.82) is 0 Å². The van der Waals surface area contributed by atoms with Crippen molar-refractivity contribution in [2.45, 2.75) is 12.0 Å². The third kappa shape index (κ3) is 3.99. The summed E-state index contributed by atoms with van der Waals surface area (Å²) < 4.78 is 11.8. The van der Waals surface area contributed by atoms with Gasteiger partial charge < -0.3 is 40.1 Å². The van der Waals surface area contributed by atoms with Crippen LogP contribution in [-0.2, 0) is 0 Å². The van der Waals surface area contributed by atoms with E-state index in [0.717, 1.165) is 0 Å². The van der Waals surface area contributed by atoms with E-state index >= 15 is 0 Å². The number of rotatable bonds is 3. The molecule has 4 aromatic rings. The number of benzene rings is 4. The zero-order valence-electron chi connectivity index (χ0n) is 20.4. The minimum Gasteiger partial charge on any atom is -0.508 e. The average Bonchev–Trinajstić information content (AvgIpc) is 3.21. The summed E-state index contributed by atoms with van der Waals surface area (Å²) in [6.07, 6.45) is 0.169. The first-order valence-corrected chi connectivity index (χ1v) is 12.0. The molecule has 0 saturated carbocycles. The van der Waals surface area contributed by atoms with Crippen molar-refractivity contribution in [2.24, 2.45) is 0 Å². The van der Waals surface area contributed by atoms with E-state index in [2.05, 4.69) is 0 Å². The number of ketones is 2. The molecule has 10 nitrogen and oxygen atoms in total. The number of allylic oxidation sites excluding steroid dienone is 1. The number of phenolic OH excluding ortho intramolecular Hbond substituents is 6. The molecule has 6 rings (SSSR count). The van der Waals surface area contributed by atoms with Gasteiger partial charge in [0.1, 0.15) is 29.1 Å². The smallest absolute Gasteiger partial charge is 0.231 e. The van der Waals surface area contributed by atoms with E-state index in [0.29, 0.717) is 0 Å². The minimum absolute atomic E-state index is 0.0753. The maximum absolute atomic E-state index is 14.0. The summed E-state index contributed by atoms with van der Waals surface area (Å²) in [5, 5.41) is 60.5. The van der Waals surface area contributed by atoms with Gasteiger partial charge in [-0.1, -0.05) is 6.07 Å². The topological polar surface area (TPSA) is 174 Å². The van der Waals surface area contributed by atoms with Crippen LogP contribution in [0.2, 0.25) is 0 Å². The molecule has 2 heterocycles. The normalized spacial score (nSPS) is 18.6. The quantitative estimate of drug-likeness (QED) is 0.159. The third-order valence-electron chi connectivity index (χ3n) is 6.85. The van der Waals surface area contributed by atoms with Crippen LogP contribution in [0, 0.1) is 0 Å². The van der Waals surface area contributed by atoms with Crippen molar-refractivity contribution in [3.8, 4) is 46.0 Å². The van der Waals surface area contributed by atoms with E-state index in [-0.39, 0.29) is 56.6 Å². The van der Waals surface area contributed by atoms with E-state index in [9.17, 15) is 40.2 Å². The number of aromatic hydroxyl groups is 6. The molecule has 0 amide bonds. The van der Waals surface area contributed by atoms with Crippen LogP contribution in [-0.4, -0.2) is 42.2 Å². The molecule has 10 heteroatoms. The molecule has 6 N–H and O–H groups in total. The first kappa shape index (κ1) is 24.7. The second-order valence-corrected chi connectivity index (χ2v) is 9.40. The summed E-state index contributed by atoms with van der Waals surface area (Å²) in [5.74, 6) is -4.29. The fraction of sp³-hybridized carbons (Fsp3) is 0.0667. The number of Topliss-reactive ketones (excluding diaryl/α,β-unsaturated/α-hetero) is 2. The summed E-state index contributed by atoms with van der Waals surface area (Å²) in [7, 11) is 0. The summed E-state index contributed by atoms with van der Waals surface area (Å²) in [6.45, 7) is 0. The lowest BCUT2D eigenvalue weighted by Crippen LogP contribution is -2.30. The predicted molar refractivity (Wildman–Crippen MR) is 139 cm³/mol. The summed E-state index contributed by atoms with van der Waals surface area (Å²) in [5.41, 5.74) is 0.915. The molecule has 2 unspecified atom stereocenters. The van der Waals surface area contributed by atoms with Crippen LogP contribution in [0.15, 0.2) is 72.5 Å². The van der Waals surface area contributed by atoms with Gasteiger partial charge in [0.25, 0.3) is 0 Å². The highest BCUT2D eigenvalue weighted by Crippen LogP contribution is 2.48. The Morgan fingerprint density at radius 1 is 0.650 bits per heavy atom. The van der Waals surface area contributed by atoms with Crippen LogP contribution in [0.25, 0.3) is 6.08 Å². The molecule has 0 aromatic heterocycles. The number of hydrogen-bond acceptors (Lipinski definition) is 10. The number of ether oxygens (including phenoxy) is 2. The van der Waals surface area contributed by atoms with Gasteiger partial charge in [0, 0.05) is 12.1 Å². The average molecular weight is 540 g/mol. The largest absolute Gasteiger partial charge is 0.508 e. The molecule has 0 fully saturated rings. The molecule has 0 radical (unpaired) electrons. The number of fused-ring (bicyclic) bond motifs is 2. The first-order chi connectivity index (χ1) is 19.1. The van der Waals surface area contributed by atoms with E-state index in [1.165, 1.54) is 72.8 Å². The van der Waals surface area contributed by atoms with Gasteiger partial charge in [-0.3, -0.25) is 9.59 Å². The van der Waals surface area contributed by atoms with Gasteiger partial charge in [0.2, 0.25) is 5.78 Å². The van der Waals surface area contributed by atoms with Gasteiger partial charge in [-0.25, -0.2) is 0 Å². The molecular weight excluding hydrogens is 520 g/mol. The Hall–Kier alpha value is -5.64. The molecule has 0 saturated heterocycles. The van der Waals surface area contributed by atoms with Crippen LogP contribution in [0.1, 0.15) is 49.4 Å². The highest BCUT2D eigenvalue weighted by molar-refractivity contribution is 6.15. The highest BCUT2D eigenvalue weighted by atomic mass is 16.5. The van der Waals surface area contributed by atoms with Gasteiger partial charge in [0.05, 0.1) is 17.0 Å². The molecule has 40 heavy (non-hydrogen) atoms. The summed E-state index contributed by atoms with van der Waals surface area (Å²) >= 11 is 0. The zero-order chi connectivity index (χ0) is 28.3.